The second-order valence-electron chi connectivity index (χ2n) is 1.87. The molecule has 0 aliphatic carbocycles. The fraction of sp³-hybridized carbons (Fsp3) is 0.111. The van der Waals surface area contributed by atoms with E-state index >= 15 is 0 Å². The molecule has 0 bridgehead atoms. The van der Waals surface area contributed by atoms with Gasteiger partial charge >= 0.3 is 0 Å². The summed E-state index contributed by atoms with van der Waals surface area (Å²) in [4.78, 5) is 0. The van der Waals surface area contributed by atoms with Crippen LogP contribution >= 0.6 is 0 Å². The second kappa shape index (κ2) is 4.99. The third kappa shape index (κ3) is 2.78. The smallest absolute Gasteiger partial charge is 0.118 e. The molecule has 0 radical (unpaired) electrons. The van der Waals surface area contributed by atoms with Crippen molar-refractivity contribution in [1.29, 1.82) is 0 Å². The van der Waals surface area contributed by atoms with E-state index in [0.29, 0.717) is 0 Å². The van der Waals surface area contributed by atoms with Crippen LogP contribution in [0, 0.1) is 12.3 Å². The Labute approximate surface area is 81.0 Å². The van der Waals surface area contributed by atoms with Crippen molar-refractivity contribution in [2.45, 2.75) is 0 Å². The minimum atomic E-state index is 0. The molecule has 2 heteroatoms. The van der Waals surface area contributed by atoms with E-state index in [1.54, 1.807) is 7.11 Å². The van der Waals surface area contributed by atoms with Crippen molar-refractivity contribution in [1.82, 2.24) is 0 Å². The Morgan fingerprint density at radius 3 is 2.18 bits per heavy atom. The molecular formula is C9H8OPt. The van der Waals surface area contributed by atoms with Crippen molar-refractivity contribution < 1.29 is 25.8 Å². The van der Waals surface area contributed by atoms with E-state index in [4.69, 9.17) is 11.2 Å². The molecule has 1 nitrogen and oxygen atoms in total. The SMILES string of the molecule is C#Cc1ccc(OC)cc1.[Pt]. The van der Waals surface area contributed by atoms with Crippen molar-refractivity contribution in [3.8, 4) is 18.1 Å². The number of rotatable bonds is 1. The molecule has 0 aromatic heterocycles. The van der Waals surface area contributed by atoms with Crippen molar-refractivity contribution in [2.24, 2.45) is 0 Å². The van der Waals surface area contributed by atoms with Gasteiger partial charge < -0.3 is 4.74 Å². The molecule has 0 atom stereocenters. The first-order valence-corrected chi connectivity index (χ1v) is 2.97. The third-order valence-electron chi connectivity index (χ3n) is 1.26. The molecule has 0 aliphatic rings. The Hall–Kier alpha value is -0.732. The molecule has 0 fully saturated rings. The topological polar surface area (TPSA) is 9.23 Å². The number of hydrogen-bond acceptors (Lipinski definition) is 1. The van der Waals surface area contributed by atoms with Crippen LogP contribution in [-0.4, -0.2) is 7.11 Å². The van der Waals surface area contributed by atoms with Crippen LogP contribution in [-0.2, 0) is 21.1 Å². The Kier molecular flexibility index (Phi) is 4.66. The van der Waals surface area contributed by atoms with Gasteiger partial charge in [0.25, 0.3) is 0 Å². The van der Waals surface area contributed by atoms with Gasteiger partial charge in [-0.2, -0.15) is 0 Å². The van der Waals surface area contributed by atoms with Crippen LogP contribution in [0.3, 0.4) is 0 Å². The first kappa shape index (κ1) is 10.3. The molecule has 11 heavy (non-hydrogen) atoms. The summed E-state index contributed by atoms with van der Waals surface area (Å²) in [6, 6.07) is 7.38. The first-order valence-electron chi connectivity index (χ1n) is 2.97. The average Bonchev–Trinajstić information content (AvgIpc) is 2.05. The maximum atomic E-state index is 5.15. The summed E-state index contributed by atoms with van der Waals surface area (Å²) in [6.07, 6.45) is 5.15. The first-order chi connectivity index (χ1) is 4.86. The van der Waals surface area contributed by atoms with Crippen LogP contribution in [0.25, 0.3) is 0 Å². The van der Waals surface area contributed by atoms with Gasteiger partial charge in [0, 0.05) is 26.6 Å². The van der Waals surface area contributed by atoms with Crippen LogP contribution in [0.15, 0.2) is 24.3 Å². The van der Waals surface area contributed by atoms with Gasteiger partial charge in [0.15, 0.2) is 0 Å². The largest absolute Gasteiger partial charge is 0.497 e. The van der Waals surface area contributed by atoms with Gasteiger partial charge in [-0.05, 0) is 24.3 Å². The van der Waals surface area contributed by atoms with E-state index in [1.165, 1.54) is 0 Å². The van der Waals surface area contributed by atoms with Crippen molar-refractivity contribution in [2.75, 3.05) is 7.11 Å². The zero-order valence-corrected chi connectivity index (χ0v) is 8.38. The molecule has 1 rings (SSSR count). The molecule has 0 unspecified atom stereocenters. The summed E-state index contributed by atoms with van der Waals surface area (Å²) < 4.78 is 4.95. The second-order valence-corrected chi connectivity index (χ2v) is 1.87. The minimum Gasteiger partial charge on any atom is -0.497 e. The van der Waals surface area contributed by atoms with Crippen LogP contribution < -0.4 is 4.74 Å². The zero-order chi connectivity index (χ0) is 7.40. The van der Waals surface area contributed by atoms with Crippen LogP contribution in [0.5, 0.6) is 5.75 Å². The Bertz CT molecular complexity index is 245. The van der Waals surface area contributed by atoms with Crippen molar-refractivity contribution >= 4 is 0 Å². The van der Waals surface area contributed by atoms with E-state index in [0.717, 1.165) is 11.3 Å². The van der Waals surface area contributed by atoms with E-state index in [1.807, 2.05) is 24.3 Å². The average molecular weight is 327 g/mol. The maximum Gasteiger partial charge on any atom is 0.118 e. The molecule has 0 saturated carbocycles. The molecule has 1 aromatic carbocycles. The Balaban J connectivity index is 0.000001000. The molecular weight excluding hydrogens is 319 g/mol. The van der Waals surface area contributed by atoms with E-state index < -0.39 is 0 Å². The predicted octanol–water partition coefficient (Wildman–Crippen LogP) is 1.67. The molecule has 0 aliphatic heterocycles. The number of benzene rings is 1. The Morgan fingerprint density at radius 1 is 1.27 bits per heavy atom. The molecule has 0 N–H and O–H groups in total. The maximum absolute atomic E-state index is 5.15. The Morgan fingerprint density at radius 2 is 1.82 bits per heavy atom. The monoisotopic (exact) mass is 327 g/mol. The van der Waals surface area contributed by atoms with Gasteiger partial charge in [-0.1, -0.05) is 5.92 Å². The van der Waals surface area contributed by atoms with Gasteiger partial charge in [-0.3, -0.25) is 0 Å². The fourth-order valence-electron chi connectivity index (χ4n) is 0.687. The van der Waals surface area contributed by atoms with Gasteiger partial charge in [0.05, 0.1) is 7.11 Å². The quantitative estimate of drug-likeness (QED) is 0.713. The molecule has 0 saturated heterocycles. The normalized spacial score (nSPS) is 7.64. The number of terminal acetylenes is 1. The fourth-order valence-corrected chi connectivity index (χ4v) is 0.687. The van der Waals surface area contributed by atoms with Gasteiger partial charge in [-0.25, -0.2) is 0 Å². The van der Waals surface area contributed by atoms with Crippen molar-refractivity contribution in [3.63, 3.8) is 0 Å². The predicted molar refractivity (Wildman–Crippen MR) is 40.9 cm³/mol. The molecule has 0 heterocycles. The summed E-state index contributed by atoms with van der Waals surface area (Å²) in [5, 5.41) is 0. The van der Waals surface area contributed by atoms with Gasteiger partial charge in [0.1, 0.15) is 5.75 Å². The standard InChI is InChI=1S/C9H8O.Pt/c1-3-8-4-6-9(10-2)7-5-8;/h1,4-7H,2H3;. The van der Waals surface area contributed by atoms with E-state index in [-0.39, 0.29) is 21.1 Å². The third-order valence-corrected chi connectivity index (χ3v) is 1.26. The van der Waals surface area contributed by atoms with Crippen LogP contribution in [0.4, 0.5) is 0 Å². The number of ether oxygens (including phenoxy) is 1. The molecule has 1 aromatic rings. The summed E-state index contributed by atoms with van der Waals surface area (Å²) >= 11 is 0. The van der Waals surface area contributed by atoms with Crippen LogP contribution in [0.1, 0.15) is 5.56 Å². The zero-order valence-electron chi connectivity index (χ0n) is 6.11. The minimum absolute atomic E-state index is 0. The summed E-state index contributed by atoms with van der Waals surface area (Å²) in [6.45, 7) is 0. The van der Waals surface area contributed by atoms with Gasteiger partial charge in [0.2, 0.25) is 0 Å². The van der Waals surface area contributed by atoms with Crippen LogP contribution in [0.2, 0.25) is 0 Å². The summed E-state index contributed by atoms with van der Waals surface area (Å²) in [5.41, 5.74) is 0.876. The molecule has 60 valence electrons. The van der Waals surface area contributed by atoms with E-state index in [2.05, 4.69) is 5.92 Å². The number of methoxy groups -OCH3 is 1. The summed E-state index contributed by atoms with van der Waals surface area (Å²) in [5.74, 6) is 3.36. The molecule has 0 spiro atoms. The van der Waals surface area contributed by atoms with Gasteiger partial charge in [-0.15, -0.1) is 6.42 Å². The summed E-state index contributed by atoms with van der Waals surface area (Å²) in [7, 11) is 1.63. The number of hydrogen-bond donors (Lipinski definition) is 0. The molecule has 0 amide bonds. The van der Waals surface area contributed by atoms with E-state index in [9.17, 15) is 0 Å². The van der Waals surface area contributed by atoms with Crippen molar-refractivity contribution in [3.05, 3.63) is 29.8 Å².